The molecule has 1 atom stereocenters. The van der Waals surface area contributed by atoms with Gasteiger partial charge in [0.15, 0.2) is 0 Å². The molecule has 2 aromatic rings. The highest BCUT2D eigenvalue weighted by molar-refractivity contribution is 5.70. The Labute approximate surface area is 123 Å². The zero-order chi connectivity index (χ0) is 15.1. The third-order valence-corrected chi connectivity index (χ3v) is 3.31. The number of aliphatic carboxylic acids is 1. The van der Waals surface area contributed by atoms with Crippen molar-refractivity contribution in [3.63, 3.8) is 0 Å². The smallest absolute Gasteiger partial charge is 0.317 e. The summed E-state index contributed by atoms with van der Waals surface area (Å²) in [6.07, 6.45) is 0.771. The van der Waals surface area contributed by atoms with Crippen LogP contribution in [0.2, 0.25) is 0 Å². The fraction of sp³-hybridized carbons (Fsp3) is 0.176. The molecule has 0 aliphatic carbocycles. The first kappa shape index (κ1) is 14.9. The van der Waals surface area contributed by atoms with Crippen LogP contribution < -0.4 is 5.32 Å². The zero-order valence-electron chi connectivity index (χ0n) is 11.5. The molecular formula is C17H17NO3. The van der Waals surface area contributed by atoms with Crippen molar-refractivity contribution in [2.75, 3.05) is 6.54 Å². The van der Waals surface area contributed by atoms with E-state index in [2.05, 4.69) is 5.32 Å². The van der Waals surface area contributed by atoms with Crippen molar-refractivity contribution in [3.8, 4) is 0 Å². The van der Waals surface area contributed by atoms with Crippen molar-refractivity contribution in [1.82, 2.24) is 5.32 Å². The van der Waals surface area contributed by atoms with Crippen molar-refractivity contribution < 1.29 is 14.7 Å². The SMILES string of the molecule is O=C[C@H](NCC(=O)O)C(c1ccccc1)c1ccccc1. The average molecular weight is 283 g/mol. The number of benzene rings is 2. The Morgan fingerprint density at radius 2 is 1.48 bits per heavy atom. The molecule has 0 radical (unpaired) electrons. The lowest BCUT2D eigenvalue weighted by Crippen LogP contribution is -2.39. The highest BCUT2D eigenvalue weighted by Gasteiger charge is 2.24. The number of rotatable bonds is 7. The van der Waals surface area contributed by atoms with Gasteiger partial charge in [0.1, 0.15) is 6.29 Å². The molecule has 4 nitrogen and oxygen atoms in total. The minimum atomic E-state index is -0.985. The van der Waals surface area contributed by atoms with Crippen LogP contribution in [0, 0.1) is 0 Å². The van der Waals surface area contributed by atoms with Gasteiger partial charge in [-0.2, -0.15) is 0 Å². The molecule has 0 heterocycles. The summed E-state index contributed by atoms with van der Waals surface area (Å²) >= 11 is 0. The minimum Gasteiger partial charge on any atom is -0.480 e. The molecule has 0 spiro atoms. The summed E-state index contributed by atoms with van der Waals surface area (Å²) in [5.41, 5.74) is 1.94. The molecule has 0 aliphatic rings. The Morgan fingerprint density at radius 3 is 1.86 bits per heavy atom. The van der Waals surface area contributed by atoms with Gasteiger partial charge in [0, 0.05) is 5.92 Å². The molecule has 2 rings (SSSR count). The fourth-order valence-corrected chi connectivity index (χ4v) is 2.38. The maximum atomic E-state index is 11.5. The van der Waals surface area contributed by atoms with Crippen molar-refractivity contribution >= 4 is 12.3 Å². The summed E-state index contributed by atoms with van der Waals surface area (Å²) in [5, 5.41) is 11.6. The van der Waals surface area contributed by atoms with E-state index >= 15 is 0 Å². The fourth-order valence-electron chi connectivity index (χ4n) is 2.38. The number of hydrogen-bond acceptors (Lipinski definition) is 3. The first-order valence-electron chi connectivity index (χ1n) is 6.72. The van der Waals surface area contributed by atoms with E-state index in [1.165, 1.54) is 0 Å². The normalized spacial score (nSPS) is 12.0. The van der Waals surface area contributed by atoms with Crippen molar-refractivity contribution in [2.45, 2.75) is 12.0 Å². The summed E-state index contributed by atoms with van der Waals surface area (Å²) in [4.78, 5) is 22.2. The van der Waals surface area contributed by atoms with Gasteiger partial charge in [0.25, 0.3) is 0 Å². The van der Waals surface area contributed by atoms with Gasteiger partial charge in [0.05, 0.1) is 12.6 Å². The Balaban J connectivity index is 2.35. The van der Waals surface area contributed by atoms with Gasteiger partial charge >= 0.3 is 5.97 Å². The number of carbonyl (C=O) groups excluding carboxylic acids is 1. The first-order valence-corrected chi connectivity index (χ1v) is 6.72. The molecule has 0 aliphatic heterocycles. The van der Waals surface area contributed by atoms with E-state index < -0.39 is 12.0 Å². The first-order chi connectivity index (χ1) is 10.2. The average Bonchev–Trinajstić information content (AvgIpc) is 2.53. The molecular weight excluding hydrogens is 266 g/mol. The van der Waals surface area contributed by atoms with E-state index in [1.807, 2.05) is 60.7 Å². The van der Waals surface area contributed by atoms with Crippen molar-refractivity contribution in [3.05, 3.63) is 71.8 Å². The second-order valence-electron chi connectivity index (χ2n) is 4.74. The van der Waals surface area contributed by atoms with Crippen LogP contribution in [0.3, 0.4) is 0 Å². The molecule has 0 bridgehead atoms. The number of hydrogen-bond donors (Lipinski definition) is 2. The highest BCUT2D eigenvalue weighted by Crippen LogP contribution is 2.27. The summed E-state index contributed by atoms with van der Waals surface area (Å²) < 4.78 is 0. The number of aldehydes is 1. The maximum absolute atomic E-state index is 11.5. The molecule has 2 N–H and O–H groups in total. The van der Waals surface area contributed by atoms with Gasteiger partial charge in [-0.3, -0.25) is 10.1 Å². The Kier molecular flexibility index (Phi) is 5.23. The van der Waals surface area contributed by atoms with Crippen LogP contribution in [0.25, 0.3) is 0 Å². The van der Waals surface area contributed by atoms with Crippen LogP contribution in [0.15, 0.2) is 60.7 Å². The molecule has 21 heavy (non-hydrogen) atoms. The Morgan fingerprint density at radius 1 is 1.00 bits per heavy atom. The van der Waals surface area contributed by atoms with E-state index in [4.69, 9.17) is 5.11 Å². The van der Waals surface area contributed by atoms with Crippen LogP contribution in [-0.2, 0) is 9.59 Å². The second kappa shape index (κ2) is 7.36. The lowest BCUT2D eigenvalue weighted by Gasteiger charge is -2.24. The zero-order valence-corrected chi connectivity index (χ0v) is 11.5. The van der Waals surface area contributed by atoms with E-state index in [9.17, 15) is 9.59 Å². The third kappa shape index (κ3) is 4.00. The molecule has 4 heteroatoms. The summed E-state index contributed by atoms with van der Waals surface area (Å²) in [5.74, 6) is -1.20. The molecule has 0 saturated carbocycles. The van der Waals surface area contributed by atoms with Crippen LogP contribution in [-0.4, -0.2) is 29.9 Å². The Bertz CT molecular complexity index is 544. The predicted molar refractivity (Wildman–Crippen MR) is 80.2 cm³/mol. The van der Waals surface area contributed by atoms with Crippen molar-refractivity contribution in [1.29, 1.82) is 0 Å². The lowest BCUT2D eigenvalue weighted by molar-refractivity contribution is -0.136. The van der Waals surface area contributed by atoms with Crippen LogP contribution >= 0.6 is 0 Å². The van der Waals surface area contributed by atoms with Gasteiger partial charge < -0.3 is 9.90 Å². The summed E-state index contributed by atoms with van der Waals surface area (Å²) in [7, 11) is 0. The number of nitrogens with one attached hydrogen (secondary N) is 1. The van der Waals surface area contributed by atoms with E-state index in [1.54, 1.807) is 0 Å². The molecule has 0 aromatic heterocycles. The summed E-state index contributed by atoms with van der Waals surface area (Å²) in [6.45, 7) is -0.250. The van der Waals surface area contributed by atoms with Gasteiger partial charge in [-0.15, -0.1) is 0 Å². The molecule has 0 unspecified atom stereocenters. The van der Waals surface area contributed by atoms with Crippen molar-refractivity contribution in [2.24, 2.45) is 0 Å². The minimum absolute atomic E-state index is 0.218. The van der Waals surface area contributed by atoms with Crippen LogP contribution in [0.1, 0.15) is 17.0 Å². The second-order valence-corrected chi connectivity index (χ2v) is 4.74. The highest BCUT2D eigenvalue weighted by atomic mass is 16.4. The van der Waals surface area contributed by atoms with Gasteiger partial charge in [-0.25, -0.2) is 0 Å². The summed E-state index contributed by atoms with van der Waals surface area (Å²) in [6, 6.07) is 18.6. The van der Waals surface area contributed by atoms with Gasteiger partial charge in [-0.05, 0) is 11.1 Å². The molecule has 0 amide bonds. The van der Waals surface area contributed by atoms with E-state index in [0.29, 0.717) is 0 Å². The number of carboxylic acid groups (broad SMARTS) is 1. The number of carbonyl (C=O) groups is 2. The van der Waals surface area contributed by atoms with E-state index in [0.717, 1.165) is 17.4 Å². The maximum Gasteiger partial charge on any atom is 0.317 e. The molecule has 0 saturated heterocycles. The monoisotopic (exact) mass is 283 g/mol. The van der Waals surface area contributed by atoms with Crippen LogP contribution in [0.4, 0.5) is 0 Å². The predicted octanol–water partition coefficient (Wildman–Crippen LogP) is 2.06. The largest absolute Gasteiger partial charge is 0.480 e. The molecule has 0 fully saturated rings. The standard InChI is InChI=1S/C17H17NO3/c19-12-15(18-11-16(20)21)17(13-7-3-1-4-8-13)14-9-5-2-6-10-14/h1-10,12,15,17-18H,11H2,(H,20,21)/t15-/m0/s1. The number of carboxylic acids is 1. The third-order valence-electron chi connectivity index (χ3n) is 3.31. The van der Waals surface area contributed by atoms with Gasteiger partial charge in [0.2, 0.25) is 0 Å². The van der Waals surface area contributed by atoms with E-state index in [-0.39, 0.29) is 12.5 Å². The topological polar surface area (TPSA) is 66.4 Å². The van der Waals surface area contributed by atoms with Gasteiger partial charge in [-0.1, -0.05) is 60.7 Å². The lowest BCUT2D eigenvalue weighted by atomic mass is 9.85. The Hall–Kier alpha value is -2.46. The van der Waals surface area contributed by atoms with Crippen LogP contribution in [0.5, 0.6) is 0 Å². The molecule has 108 valence electrons. The quantitative estimate of drug-likeness (QED) is 0.763. The molecule has 2 aromatic carbocycles.